The molecule has 2 aromatic rings. The second-order valence-electron chi connectivity index (χ2n) is 5.10. The van der Waals surface area contributed by atoms with E-state index in [1.807, 2.05) is 12.1 Å². The molecule has 0 aliphatic carbocycles. The smallest absolute Gasteiger partial charge is 0.189 e. The second-order valence-corrected chi connectivity index (χ2v) is 5.10. The van der Waals surface area contributed by atoms with Gasteiger partial charge in [-0.3, -0.25) is 0 Å². The summed E-state index contributed by atoms with van der Waals surface area (Å²) in [5.41, 5.74) is 8.05. The first kappa shape index (κ1) is 13.0. The van der Waals surface area contributed by atoms with Crippen molar-refractivity contribution in [2.45, 2.75) is 25.5 Å². The van der Waals surface area contributed by atoms with E-state index >= 15 is 0 Å². The molecule has 1 aliphatic rings. The third-order valence-electron chi connectivity index (χ3n) is 3.54. The number of nitrogens with zero attached hydrogens (tertiary/aromatic N) is 1. The number of ether oxygens (including phenoxy) is 1. The van der Waals surface area contributed by atoms with Gasteiger partial charge in [0.15, 0.2) is 5.96 Å². The Kier molecular flexibility index (Phi) is 3.87. The molecule has 1 aliphatic heterocycles. The van der Waals surface area contributed by atoms with Crippen molar-refractivity contribution < 1.29 is 4.74 Å². The molecule has 1 fully saturated rings. The van der Waals surface area contributed by atoms with E-state index in [0.29, 0.717) is 12.5 Å². The van der Waals surface area contributed by atoms with Crippen molar-refractivity contribution in [2.24, 2.45) is 10.7 Å². The van der Waals surface area contributed by atoms with Crippen LogP contribution in [0.2, 0.25) is 0 Å². The topological polar surface area (TPSA) is 75.4 Å². The average molecular weight is 272 g/mol. The number of hydrogen-bond acceptors (Lipinski definition) is 2. The molecule has 5 nitrogen and oxygen atoms in total. The highest BCUT2D eigenvalue weighted by Crippen LogP contribution is 2.15. The fourth-order valence-electron chi connectivity index (χ4n) is 2.47. The molecule has 0 bridgehead atoms. The van der Waals surface area contributed by atoms with Crippen LogP contribution < -0.4 is 11.1 Å². The van der Waals surface area contributed by atoms with Crippen molar-refractivity contribution in [3.05, 3.63) is 36.0 Å². The minimum atomic E-state index is 0.275. The molecule has 1 atom stereocenters. The van der Waals surface area contributed by atoms with E-state index in [1.54, 1.807) is 0 Å². The van der Waals surface area contributed by atoms with E-state index in [0.717, 1.165) is 37.2 Å². The maximum absolute atomic E-state index is 5.86. The van der Waals surface area contributed by atoms with Gasteiger partial charge in [0.1, 0.15) is 0 Å². The number of H-pyrrole nitrogens is 1. The summed E-state index contributed by atoms with van der Waals surface area (Å²) in [7, 11) is 0. The number of aromatic nitrogens is 1. The summed E-state index contributed by atoms with van der Waals surface area (Å²) in [6.07, 6.45) is 2.51. The van der Waals surface area contributed by atoms with Gasteiger partial charge in [-0.15, -0.1) is 0 Å². The van der Waals surface area contributed by atoms with E-state index in [1.165, 1.54) is 5.39 Å². The van der Waals surface area contributed by atoms with Gasteiger partial charge in [0.05, 0.1) is 12.6 Å². The lowest BCUT2D eigenvalue weighted by Crippen LogP contribution is -2.37. The predicted octanol–water partition coefficient (Wildman–Crippen LogP) is 1.75. The molecule has 0 saturated carbocycles. The first-order valence-electron chi connectivity index (χ1n) is 7.03. The number of aliphatic imine (C=N–C) groups is 1. The highest BCUT2D eigenvalue weighted by Gasteiger charge is 2.14. The number of aromatic amines is 1. The highest BCUT2D eigenvalue weighted by atomic mass is 16.5. The lowest BCUT2D eigenvalue weighted by atomic mass is 10.2. The summed E-state index contributed by atoms with van der Waals surface area (Å²) >= 11 is 0. The molecule has 1 aromatic heterocycles. The molecule has 1 unspecified atom stereocenters. The number of guanidine groups is 1. The van der Waals surface area contributed by atoms with Gasteiger partial charge < -0.3 is 20.8 Å². The Labute approximate surface area is 118 Å². The fraction of sp³-hybridized carbons (Fsp3) is 0.400. The maximum atomic E-state index is 5.86. The van der Waals surface area contributed by atoms with Crippen LogP contribution in [0.15, 0.2) is 35.3 Å². The minimum Gasteiger partial charge on any atom is -0.376 e. The highest BCUT2D eigenvalue weighted by molar-refractivity contribution is 5.80. The van der Waals surface area contributed by atoms with Crippen molar-refractivity contribution in [3.63, 3.8) is 0 Å². The molecule has 20 heavy (non-hydrogen) atoms. The first-order valence-corrected chi connectivity index (χ1v) is 7.03. The fourth-order valence-corrected chi connectivity index (χ4v) is 2.47. The van der Waals surface area contributed by atoms with Gasteiger partial charge >= 0.3 is 0 Å². The van der Waals surface area contributed by atoms with E-state index in [-0.39, 0.29) is 6.10 Å². The zero-order valence-electron chi connectivity index (χ0n) is 11.4. The van der Waals surface area contributed by atoms with Crippen LogP contribution in [0.25, 0.3) is 10.9 Å². The monoisotopic (exact) mass is 272 g/mol. The first-order chi connectivity index (χ1) is 9.81. The molecular weight excluding hydrogens is 252 g/mol. The molecule has 0 amide bonds. The zero-order valence-corrected chi connectivity index (χ0v) is 11.4. The number of nitrogens with one attached hydrogen (secondary N) is 2. The number of fused-ring (bicyclic) bond motifs is 1. The van der Waals surface area contributed by atoms with E-state index in [2.05, 4.69) is 33.5 Å². The van der Waals surface area contributed by atoms with Gasteiger partial charge in [0.2, 0.25) is 0 Å². The van der Waals surface area contributed by atoms with Gasteiger partial charge in [-0.2, -0.15) is 0 Å². The lowest BCUT2D eigenvalue weighted by molar-refractivity contribution is 0.114. The number of benzene rings is 1. The third kappa shape index (κ3) is 3.11. The third-order valence-corrected chi connectivity index (χ3v) is 3.54. The maximum Gasteiger partial charge on any atom is 0.189 e. The van der Waals surface area contributed by atoms with Crippen LogP contribution in [0.3, 0.4) is 0 Å². The van der Waals surface area contributed by atoms with Crippen LogP contribution in [0.5, 0.6) is 0 Å². The van der Waals surface area contributed by atoms with E-state index in [9.17, 15) is 0 Å². The van der Waals surface area contributed by atoms with Crippen molar-refractivity contribution in [1.29, 1.82) is 0 Å². The Bertz CT molecular complexity index is 566. The van der Waals surface area contributed by atoms with E-state index < -0.39 is 0 Å². The Hall–Kier alpha value is -2.01. The van der Waals surface area contributed by atoms with Crippen LogP contribution in [0.4, 0.5) is 0 Å². The van der Waals surface area contributed by atoms with Gasteiger partial charge in [-0.05, 0) is 30.4 Å². The average Bonchev–Trinajstić information content (AvgIpc) is 3.11. The summed E-state index contributed by atoms with van der Waals surface area (Å²) in [6, 6.07) is 10.3. The standard InChI is InChI=1S/C15H20N4O/c16-15(18-10-13-5-3-7-20-13)17-9-12-8-11-4-1-2-6-14(11)19-12/h1-2,4,6,8,13,19H,3,5,7,9-10H2,(H3,16,17,18). The molecule has 106 valence electrons. The normalized spacial score (nSPS) is 19.6. The Balaban J connectivity index is 1.55. The Morgan fingerprint density at radius 3 is 3.15 bits per heavy atom. The summed E-state index contributed by atoms with van der Waals surface area (Å²) in [6.45, 7) is 2.15. The number of hydrogen-bond donors (Lipinski definition) is 3. The quantitative estimate of drug-likeness (QED) is 0.586. The van der Waals surface area contributed by atoms with Gasteiger partial charge in [-0.25, -0.2) is 4.99 Å². The molecule has 2 heterocycles. The van der Waals surface area contributed by atoms with Crippen molar-refractivity contribution in [2.75, 3.05) is 13.2 Å². The SMILES string of the molecule is NC(=NCc1cc2ccccc2[nH]1)NCC1CCCO1. The molecule has 4 N–H and O–H groups in total. The molecule has 1 saturated heterocycles. The van der Waals surface area contributed by atoms with Crippen LogP contribution in [-0.2, 0) is 11.3 Å². The molecule has 1 aromatic carbocycles. The summed E-state index contributed by atoms with van der Waals surface area (Å²) in [4.78, 5) is 7.68. The summed E-state index contributed by atoms with van der Waals surface area (Å²) in [5, 5.41) is 4.32. The summed E-state index contributed by atoms with van der Waals surface area (Å²) < 4.78 is 5.53. The van der Waals surface area contributed by atoms with E-state index in [4.69, 9.17) is 10.5 Å². The molecule has 3 rings (SSSR count). The zero-order chi connectivity index (χ0) is 13.8. The Morgan fingerprint density at radius 2 is 2.35 bits per heavy atom. The molecule has 0 spiro atoms. The Morgan fingerprint density at radius 1 is 1.45 bits per heavy atom. The molecule has 5 heteroatoms. The van der Waals surface area contributed by atoms with Crippen LogP contribution in [0.1, 0.15) is 18.5 Å². The minimum absolute atomic E-state index is 0.275. The molecular formula is C15H20N4O. The number of para-hydroxylation sites is 1. The van der Waals surface area contributed by atoms with Gasteiger partial charge in [0, 0.05) is 24.4 Å². The van der Waals surface area contributed by atoms with Crippen molar-refractivity contribution in [1.82, 2.24) is 10.3 Å². The van der Waals surface area contributed by atoms with Gasteiger partial charge in [0.25, 0.3) is 0 Å². The van der Waals surface area contributed by atoms with Crippen molar-refractivity contribution >= 4 is 16.9 Å². The number of rotatable bonds is 4. The van der Waals surface area contributed by atoms with Crippen molar-refractivity contribution in [3.8, 4) is 0 Å². The van der Waals surface area contributed by atoms with Gasteiger partial charge in [-0.1, -0.05) is 18.2 Å². The second kappa shape index (κ2) is 5.96. The van der Waals surface area contributed by atoms with Crippen LogP contribution >= 0.6 is 0 Å². The summed E-state index contributed by atoms with van der Waals surface area (Å²) in [5.74, 6) is 0.471. The molecule has 0 radical (unpaired) electrons. The number of nitrogens with two attached hydrogens (primary N) is 1. The largest absolute Gasteiger partial charge is 0.376 e. The lowest BCUT2D eigenvalue weighted by Gasteiger charge is -2.10. The van der Waals surface area contributed by atoms with Crippen LogP contribution in [-0.4, -0.2) is 30.2 Å². The predicted molar refractivity (Wildman–Crippen MR) is 80.6 cm³/mol. The van der Waals surface area contributed by atoms with Crippen LogP contribution in [0, 0.1) is 0 Å².